The average Bonchev–Trinajstić information content (AvgIpc) is 2.35. The third-order valence-corrected chi connectivity index (χ3v) is 2.85. The first-order chi connectivity index (χ1) is 8.49. The molecule has 1 atom stereocenters. The molecule has 1 rings (SSSR count). The van der Waals surface area contributed by atoms with E-state index >= 15 is 0 Å². The van der Waals surface area contributed by atoms with E-state index in [2.05, 4.69) is 0 Å². The van der Waals surface area contributed by atoms with Crippen molar-refractivity contribution in [3.05, 3.63) is 29.1 Å². The Bertz CT molecular complexity index is 434. The highest BCUT2D eigenvalue weighted by atomic mass is 19.1. The number of hydrogen-bond donors (Lipinski definition) is 2. The number of carboxylic acids is 1. The number of methoxy groups -OCH3 is 1. The average molecular weight is 255 g/mol. The van der Waals surface area contributed by atoms with Gasteiger partial charge >= 0.3 is 5.97 Å². The molecule has 3 N–H and O–H groups in total. The lowest BCUT2D eigenvalue weighted by Gasteiger charge is -2.16. The minimum atomic E-state index is -0.901. The molecule has 0 bridgehead atoms. The number of carbonyl (C=O) groups is 1. The van der Waals surface area contributed by atoms with E-state index in [0.29, 0.717) is 29.7 Å². The van der Waals surface area contributed by atoms with Crippen molar-refractivity contribution in [1.29, 1.82) is 0 Å². The molecule has 0 aromatic heterocycles. The number of hydrogen-bond acceptors (Lipinski definition) is 3. The van der Waals surface area contributed by atoms with Crippen LogP contribution in [-0.2, 0) is 11.2 Å². The van der Waals surface area contributed by atoms with Crippen LogP contribution in [0.4, 0.5) is 4.39 Å². The predicted molar refractivity (Wildman–Crippen MR) is 66.1 cm³/mol. The molecule has 0 fully saturated rings. The lowest BCUT2D eigenvalue weighted by atomic mass is 9.98. The Hall–Kier alpha value is -1.62. The monoisotopic (exact) mass is 255 g/mol. The summed E-state index contributed by atoms with van der Waals surface area (Å²) >= 11 is 0. The van der Waals surface area contributed by atoms with Gasteiger partial charge in [0.25, 0.3) is 0 Å². The second-order valence-corrected chi connectivity index (χ2v) is 4.08. The van der Waals surface area contributed by atoms with Crippen LogP contribution in [0.5, 0.6) is 5.75 Å². The molecule has 0 radical (unpaired) electrons. The van der Waals surface area contributed by atoms with Gasteiger partial charge in [0.2, 0.25) is 0 Å². The van der Waals surface area contributed by atoms with Crippen LogP contribution in [-0.4, -0.2) is 18.2 Å². The molecule has 4 nitrogen and oxygen atoms in total. The van der Waals surface area contributed by atoms with Crippen molar-refractivity contribution >= 4 is 5.97 Å². The summed E-state index contributed by atoms with van der Waals surface area (Å²) in [6.45, 7) is 1.84. The van der Waals surface area contributed by atoms with Gasteiger partial charge < -0.3 is 15.6 Å². The third kappa shape index (κ3) is 3.43. The van der Waals surface area contributed by atoms with E-state index in [1.807, 2.05) is 6.92 Å². The van der Waals surface area contributed by atoms with Gasteiger partial charge in [-0.05, 0) is 24.5 Å². The number of carboxylic acid groups (broad SMARTS) is 1. The van der Waals surface area contributed by atoms with Crippen molar-refractivity contribution in [2.75, 3.05) is 7.11 Å². The van der Waals surface area contributed by atoms with Gasteiger partial charge in [0, 0.05) is 24.1 Å². The lowest BCUT2D eigenvalue weighted by molar-refractivity contribution is -0.137. The molecule has 0 aliphatic rings. The molecule has 1 unspecified atom stereocenters. The maximum Gasteiger partial charge on any atom is 0.303 e. The van der Waals surface area contributed by atoms with Gasteiger partial charge in [-0.1, -0.05) is 6.92 Å². The summed E-state index contributed by atoms with van der Waals surface area (Å²) in [6, 6.07) is 2.48. The number of aryl methyl sites for hydroxylation is 1. The summed E-state index contributed by atoms with van der Waals surface area (Å²) in [5.74, 6) is -0.867. The SMILES string of the molecule is CCc1cc(C(N)CCC(=O)O)c(OC)cc1F. The maximum atomic E-state index is 13.6. The molecule has 1 aromatic carbocycles. The largest absolute Gasteiger partial charge is 0.496 e. The number of benzene rings is 1. The van der Waals surface area contributed by atoms with E-state index in [0.717, 1.165) is 0 Å². The first-order valence-corrected chi connectivity index (χ1v) is 5.83. The third-order valence-electron chi connectivity index (χ3n) is 2.85. The number of aliphatic carboxylic acids is 1. The van der Waals surface area contributed by atoms with E-state index in [9.17, 15) is 9.18 Å². The van der Waals surface area contributed by atoms with E-state index in [1.54, 1.807) is 6.07 Å². The predicted octanol–water partition coefficient (Wildman–Crippen LogP) is 2.26. The quantitative estimate of drug-likeness (QED) is 0.817. The Morgan fingerprint density at radius 3 is 2.72 bits per heavy atom. The molecular formula is C13H18FNO3. The van der Waals surface area contributed by atoms with Gasteiger partial charge in [0.1, 0.15) is 11.6 Å². The highest BCUT2D eigenvalue weighted by Gasteiger charge is 2.16. The Labute approximate surface area is 106 Å². The van der Waals surface area contributed by atoms with Crippen molar-refractivity contribution in [1.82, 2.24) is 0 Å². The fourth-order valence-electron chi connectivity index (χ4n) is 1.79. The molecule has 0 aliphatic heterocycles. The molecule has 1 aromatic rings. The molecule has 0 saturated heterocycles. The van der Waals surface area contributed by atoms with Crippen LogP contribution in [0.15, 0.2) is 12.1 Å². The van der Waals surface area contributed by atoms with Gasteiger partial charge in [0.05, 0.1) is 7.11 Å². The molecule has 100 valence electrons. The molecule has 0 aliphatic carbocycles. The van der Waals surface area contributed by atoms with Gasteiger partial charge in [-0.2, -0.15) is 0 Å². The van der Waals surface area contributed by atoms with Crippen LogP contribution in [0, 0.1) is 5.82 Å². The Kier molecular flexibility index (Phi) is 5.09. The maximum absolute atomic E-state index is 13.6. The summed E-state index contributed by atoms with van der Waals surface area (Å²) in [5.41, 5.74) is 7.13. The first-order valence-electron chi connectivity index (χ1n) is 5.83. The molecule has 0 spiro atoms. The molecular weight excluding hydrogens is 237 g/mol. The van der Waals surface area contributed by atoms with Gasteiger partial charge in [0.15, 0.2) is 0 Å². The van der Waals surface area contributed by atoms with Crippen LogP contribution < -0.4 is 10.5 Å². The van der Waals surface area contributed by atoms with Crippen LogP contribution in [0.2, 0.25) is 0 Å². The van der Waals surface area contributed by atoms with Crippen LogP contribution in [0.25, 0.3) is 0 Å². The zero-order valence-electron chi connectivity index (χ0n) is 10.6. The fourth-order valence-corrected chi connectivity index (χ4v) is 1.79. The zero-order valence-corrected chi connectivity index (χ0v) is 10.6. The van der Waals surface area contributed by atoms with Crippen molar-refractivity contribution in [3.63, 3.8) is 0 Å². The van der Waals surface area contributed by atoms with E-state index < -0.39 is 12.0 Å². The topological polar surface area (TPSA) is 72.6 Å². The summed E-state index contributed by atoms with van der Waals surface area (Å²) < 4.78 is 18.7. The molecule has 0 heterocycles. The molecule has 0 saturated carbocycles. The number of ether oxygens (including phenoxy) is 1. The Morgan fingerprint density at radius 1 is 1.56 bits per heavy atom. The summed E-state index contributed by atoms with van der Waals surface area (Å²) in [4.78, 5) is 10.5. The van der Waals surface area contributed by atoms with E-state index in [4.69, 9.17) is 15.6 Å². The second-order valence-electron chi connectivity index (χ2n) is 4.08. The van der Waals surface area contributed by atoms with Gasteiger partial charge in [-0.15, -0.1) is 0 Å². The van der Waals surface area contributed by atoms with Crippen molar-refractivity contribution in [3.8, 4) is 5.75 Å². The zero-order chi connectivity index (χ0) is 13.7. The Morgan fingerprint density at radius 2 is 2.22 bits per heavy atom. The van der Waals surface area contributed by atoms with Crippen molar-refractivity contribution < 1.29 is 19.0 Å². The van der Waals surface area contributed by atoms with E-state index in [1.165, 1.54) is 13.2 Å². The standard InChI is InChI=1S/C13H18FNO3/c1-3-8-6-9(11(15)4-5-13(16)17)12(18-2)7-10(8)14/h6-7,11H,3-5,15H2,1-2H3,(H,16,17). The fraction of sp³-hybridized carbons (Fsp3) is 0.462. The Balaban J connectivity index is 3.01. The van der Waals surface area contributed by atoms with Crippen LogP contribution >= 0.6 is 0 Å². The molecule has 5 heteroatoms. The van der Waals surface area contributed by atoms with Gasteiger partial charge in [-0.25, -0.2) is 4.39 Å². The number of rotatable bonds is 6. The molecule has 18 heavy (non-hydrogen) atoms. The highest BCUT2D eigenvalue weighted by Crippen LogP contribution is 2.29. The summed E-state index contributed by atoms with van der Waals surface area (Å²) in [6.07, 6.45) is 0.818. The first kappa shape index (κ1) is 14.4. The second kappa shape index (κ2) is 6.35. The van der Waals surface area contributed by atoms with Crippen molar-refractivity contribution in [2.24, 2.45) is 5.73 Å². The van der Waals surface area contributed by atoms with Crippen LogP contribution in [0.1, 0.15) is 36.9 Å². The minimum Gasteiger partial charge on any atom is -0.496 e. The lowest BCUT2D eigenvalue weighted by Crippen LogP contribution is -2.14. The summed E-state index contributed by atoms with van der Waals surface area (Å²) in [7, 11) is 1.44. The normalized spacial score (nSPS) is 12.2. The van der Waals surface area contributed by atoms with Crippen molar-refractivity contribution in [2.45, 2.75) is 32.2 Å². The van der Waals surface area contributed by atoms with Crippen LogP contribution in [0.3, 0.4) is 0 Å². The highest BCUT2D eigenvalue weighted by molar-refractivity contribution is 5.66. The minimum absolute atomic E-state index is 0.0246. The molecule has 0 amide bonds. The van der Waals surface area contributed by atoms with Gasteiger partial charge in [-0.3, -0.25) is 4.79 Å². The number of halogens is 1. The van der Waals surface area contributed by atoms with E-state index in [-0.39, 0.29) is 12.2 Å². The summed E-state index contributed by atoms with van der Waals surface area (Å²) in [5, 5.41) is 8.63. The number of nitrogens with two attached hydrogens (primary N) is 1. The smallest absolute Gasteiger partial charge is 0.303 e.